The van der Waals surface area contributed by atoms with Crippen LogP contribution in [0.4, 0.5) is 11.5 Å². The Bertz CT molecular complexity index is 1680. The van der Waals surface area contributed by atoms with Gasteiger partial charge in [0.25, 0.3) is 0 Å². The molecule has 1 aliphatic heterocycles. The van der Waals surface area contributed by atoms with E-state index in [2.05, 4.69) is 32.8 Å². The zero-order valence-corrected chi connectivity index (χ0v) is 23.2. The summed E-state index contributed by atoms with van der Waals surface area (Å²) in [5.41, 5.74) is 6.83. The molecular formula is C33H31N5O3. The first-order valence-corrected chi connectivity index (χ1v) is 13.6. The van der Waals surface area contributed by atoms with Crippen molar-refractivity contribution in [2.75, 3.05) is 32.6 Å². The molecule has 2 aliphatic rings. The van der Waals surface area contributed by atoms with Gasteiger partial charge in [-0.1, -0.05) is 24.8 Å². The zero-order chi connectivity index (χ0) is 28.3. The Morgan fingerprint density at radius 3 is 2.39 bits per heavy atom. The van der Waals surface area contributed by atoms with Crippen LogP contribution in [-0.2, 0) is 0 Å². The fourth-order valence-electron chi connectivity index (χ4n) is 5.26. The lowest BCUT2D eigenvalue weighted by atomic mass is 9.89. The van der Waals surface area contributed by atoms with Crippen LogP contribution in [0.1, 0.15) is 24.8 Å². The maximum Gasteiger partial charge on any atom is 0.162 e. The van der Waals surface area contributed by atoms with Crippen molar-refractivity contribution < 1.29 is 14.2 Å². The molecule has 8 heteroatoms. The van der Waals surface area contributed by atoms with Crippen LogP contribution in [-0.4, -0.2) is 48.3 Å². The van der Waals surface area contributed by atoms with Crippen molar-refractivity contribution in [1.29, 1.82) is 5.26 Å². The maximum absolute atomic E-state index is 9.14. The van der Waals surface area contributed by atoms with Crippen molar-refractivity contribution >= 4 is 22.4 Å². The van der Waals surface area contributed by atoms with E-state index in [9.17, 15) is 0 Å². The number of nitrogens with one attached hydrogen (secondary N) is 1. The standard InChI is InChI=1S/C33H31N5O3/c1-4-29(23-6-5-7-23)38-18-25(19-38)41-32-15-26-27(16-31(32)40-3)35-20-36-33(26)37-28-14-24(12-13-30(28)39-2)22-10-8-21(17-34)9-11-22/h4,8-16,20,25H,1,5-7,18-19H2,2-3H3,(H,35,36,37). The second kappa shape index (κ2) is 11.2. The summed E-state index contributed by atoms with van der Waals surface area (Å²) in [4.78, 5) is 11.4. The van der Waals surface area contributed by atoms with Gasteiger partial charge in [0.15, 0.2) is 11.5 Å². The SMILES string of the molecule is C=CC(=C1CCC1)N1CC(Oc2cc3c(Nc4cc(-c5ccc(C#N)cc5)ccc4OC)ncnc3cc2OC)C1. The molecule has 1 aliphatic carbocycles. The van der Waals surface area contributed by atoms with Crippen molar-refractivity contribution in [3.63, 3.8) is 0 Å². The lowest BCUT2D eigenvalue weighted by Gasteiger charge is -2.43. The number of nitriles is 1. The van der Waals surface area contributed by atoms with E-state index in [0.29, 0.717) is 28.6 Å². The van der Waals surface area contributed by atoms with Crippen LogP contribution in [0.15, 0.2) is 84.8 Å². The molecule has 0 spiro atoms. The molecule has 2 fully saturated rings. The van der Waals surface area contributed by atoms with Gasteiger partial charge in [0, 0.05) is 17.1 Å². The van der Waals surface area contributed by atoms with Crippen LogP contribution < -0.4 is 19.5 Å². The van der Waals surface area contributed by atoms with Crippen molar-refractivity contribution in [2.24, 2.45) is 0 Å². The van der Waals surface area contributed by atoms with Crippen LogP contribution in [0.3, 0.4) is 0 Å². The molecule has 6 rings (SSSR count). The summed E-state index contributed by atoms with van der Waals surface area (Å²) >= 11 is 0. The second-order valence-electron chi connectivity index (χ2n) is 10.2. The van der Waals surface area contributed by atoms with Crippen LogP contribution in [0, 0.1) is 11.3 Å². The van der Waals surface area contributed by atoms with E-state index >= 15 is 0 Å². The number of ether oxygens (including phenoxy) is 3. The minimum atomic E-state index is 0.0437. The third-order valence-electron chi connectivity index (χ3n) is 7.72. The fourth-order valence-corrected chi connectivity index (χ4v) is 5.26. The molecule has 1 saturated carbocycles. The highest BCUT2D eigenvalue weighted by molar-refractivity contribution is 5.93. The molecule has 0 bridgehead atoms. The molecule has 0 atom stereocenters. The lowest BCUT2D eigenvalue weighted by Crippen LogP contribution is -2.53. The van der Waals surface area contributed by atoms with E-state index in [1.807, 2.05) is 60.7 Å². The molecule has 1 aromatic heterocycles. The number of hydrogen-bond donors (Lipinski definition) is 1. The van der Waals surface area contributed by atoms with E-state index < -0.39 is 0 Å². The van der Waals surface area contributed by atoms with Gasteiger partial charge in [-0.25, -0.2) is 9.97 Å². The minimum Gasteiger partial charge on any atom is -0.495 e. The third-order valence-corrected chi connectivity index (χ3v) is 7.72. The van der Waals surface area contributed by atoms with Crippen LogP contribution >= 0.6 is 0 Å². The highest BCUT2D eigenvalue weighted by Crippen LogP contribution is 2.39. The first kappa shape index (κ1) is 26.2. The van der Waals surface area contributed by atoms with Crippen molar-refractivity contribution in [2.45, 2.75) is 25.4 Å². The van der Waals surface area contributed by atoms with Crippen LogP contribution in [0.2, 0.25) is 0 Å². The number of anilines is 2. The number of nitrogens with zero attached hydrogens (tertiary/aromatic N) is 4. The average molecular weight is 546 g/mol. The van der Waals surface area contributed by atoms with Gasteiger partial charge < -0.3 is 24.4 Å². The number of fused-ring (bicyclic) bond motifs is 1. The Morgan fingerprint density at radius 1 is 0.976 bits per heavy atom. The number of methoxy groups -OCH3 is 2. The number of rotatable bonds is 9. The molecule has 4 aromatic rings. The molecule has 1 saturated heterocycles. The van der Waals surface area contributed by atoms with Crippen LogP contribution in [0.25, 0.3) is 22.0 Å². The molecular weight excluding hydrogens is 514 g/mol. The molecule has 8 nitrogen and oxygen atoms in total. The Hall–Kier alpha value is -5.03. The normalized spacial score (nSPS) is 14.5. The van der Waals surface area contributed by atoms with Crippen molar-refractivity contribution in [3.8, 4) is 34.4 Å². The van der Waals surface area contributed by atoms with Gasteiger partial charge in [-0.3, -0.25) is 0 Å². The smallest absolute Gasteiger partial charge is 0.162 e. The zero-order valence-electron chi connectivity index (χ0n) is 23.2. The Balaban J connectivity index is 1.28. The van der Waals surface area contributed by atoms with Gasteiger partial charge in [-0.15, -0.1) is 0 Å². The molecule has 3 aromatic carbocycles. The number of benzene rings is 3. The van der Waals surface area contributed by atoms with Gasteiger partial charge in [0.2, 0.25) is 0 Å². The van der Waals surface area contributed by atoms with E-state index in [4.69, 9.17) is 19.5 Å². The summed E-state index contributed by atoms with van der Waals surface area (Å²) in [5.74, 6) is 2.57. The van der Waals surface area contributed by atoms with Crippen molar-refractivity contribution in [1.82, 2.24) is 14.9 Å². The first-order chi connectivity index (χ1) is 20.1. The molecule has 0 unspecified atom stereocenters. The first-order valence-electron chi connectivity index (χ1n) is 13.6. The van der Waals surface area contributed by atoms with Crippen molar-refractivity contribution in [3.05, 3.63) is 90.4 Å². The molecule has 2 heterocycles. The predicted octanol–water partition coefficient (Wildman–Crippen LogP) is 6.62. The van der Waals surface area contributed by atoms with E-state index in [0.717, 1.165) is 40.8 Å². The molecule has 1 N–H and O–H groups in total. The summed E-state index contributed by atoms with van der Waals surface area (Å²) in [6.45, 7) is 5.64. The molecule has 0 radical (unpaired) electrons. The van der Waals surface area contributed by atoms with Gasteiger partial charge >= 0.3 is 0 Å². The highest BCUT2D eigenvalue weighted by atomic mass is 16.5. The van der Waals surface area contributed by atoms with Gasteiger partial charge in [0.05, 0.1) is 50.1 Å². The molecule has 41 heavy (non-hydrogen) atoms. The van der Waals surface area contributed by atoms with E-state index in [1.54, 1.807) is 14.2 Å². The minimum absolute atomic E-state index is 0.0437. The van der Waals surface area contributed by atoms with Gasteiger partial charge in [-0.2, -0.15) is 5.26 Å². The molecule has 0 amide bonds. The van der Waals surface area contributed by atoms with E-state index in [-0.39, 0.29) is 6.10 Å². The Kier molecular flexibility index (Phi) is 7.17. The number of allylic oxidation sites excluding steroid dienone is 2. The Morgan fingerprint density at radius 2 is 1.73 bits per heavy atom. The fraction of sp³-hybridized carbons (Fsp3) is 0.242. The van der Waals surface area contributed by atoms with Gasteiger partial charge in [-0.05, 0) is 72.4 Å². The highest BCUT2D eigenvalue weighted by Gasteiger charge is 2.32. The van der Waals surface area contributed by atoms with E-state index in [1.165, 1.54) is 36.9 Å². The summed E-state index contributed by atoms with van der Waals surface area (Å²) in [6, 6.07) is 19.4. The topological polar surface area (TPSA) is 92.5 Å². The lowest BCUT2D eigenvalue weighted by molar-refractivity contribution is 0.0435. The quantitative estimate of drug-likeness (QED) is 0.251. The average Bonchev–Trinajstić information content (AvgIpc) is 2.96. The monoisotopic (exact) mass is 545 g/mol. The third kappa shape index (κ3) is 5.14. The van der Waals surface area contributed by atoms with Gasteiger partial charge in [0.1, 0.15) is 24.0 Å². The number of likely N-dealkylation sites (tertiary alicyclic amines) is 1. The maximum atomic E-state index is 9.14. The predicted molar refractivity (Wildman–Crippen MR) is 160 cm³/mol. The largest absolute Gasteiger partial charge is 0.495 e. The summed E-state index contributed by atoms with van der Waals surface area (Å²) in [6.07, 6.45) is 7.13. The number of aromatic nitrogens is 2. The second-order valence-corrected chi connectivity index (χ2v) is 10.2. The summed E-state index contributed by atoms with van der Waals surface area (Å²) < 4.78 is 17.8. The molecule has 206 valence electrons. The summed E-state index contributed by atoms with van der Waals surface area (Å²) in [7, 11) is 3.27. The Labute approximate surface area is 239 Å². The number of hydrogen-bond acceptors (Lipinski definition) is 8. The summed E-state index contributed by atoms with van der Waals surface area (Å²) in [5, 5.41) is 13.4. The van der Waals surface area contributed by atoms with Crippen LogP contribution in [0.5, 0.6) is 17.2 Å².